The lowest BCUT2D eigenvalue weighted by Gasteiger charge is -2.44. The molecule has 5 heteroatoms. The molecule has 21 heavy (non-hydrogen) atoms. The molecule has 3 rings (SSSR count). The van der Waals surface area contributed by atoms with Crippen molar-refractivity contribution in [1.29, 1.82) is 0 Å². The van der Waals surface area contributed by atoms with Gasteiger partial charge in [-0.1, -0.05) is 44.9 Å². The topological polar surface area (TPSA) is 66.5 Å². The molecule has 2 aliphatic carbocycles. The van der Waals surface area contributed by atoms with E-state index in [0.29, 0.717) is 12.8 Å². The predicted molar refractivity (Wildman–Crippen MR) is 77.4 cm³/mol. The average molecular weight is 292 g/mol. The standard InChI is InChI=1S/C16H24N2O3/c19-13-16(10-6-3-7-11-16)14(20)18(15(21)17-13)12-8-4-1-2-5-9-12/h12H,1-11H2,(H,17,19,21). The van der Waals surface area contributed by atoms with Crippen LogP contribution in [0.4, 0.5) is 4.79 Å². The number of carbonyl (C=O) groups is 3. The van der Waals surface area contributed by atoms with Crippen LogP contribution in [0.25, 0.3) is 0 Å². The van der Waals surface area contributed by atoms with Gasteiger partial charge in [0.1, 0.15) is 5.41 Å². The molecule has 2 saturated carbocycles. The molecule has 1 aliphatic heterocycles. The van der Waals surface area contributed by atoms with Crippen LogP contribution in [-0.4, -0.2) is 28.8 Å². The quantitative estimate of drug-likeness (QED) is 0.597. The summed E-state index contributed by atoms with van der Waals surface area (Å²) in [5.41, 5.74) is -0.960. The third-order valence-corrected chi connectivity index (χ3v) is 5.40. The zero-order valence-corrected chi connectivity index (χ0v) is 12.5. The highest BCUT2D eigenvalue weighted by Crippen LogP contribution is 2.41. The highest BCUT2D eigenvalue weighted by molar-refractivity contribution is 6.19. The predicted octanol–water partition coefficient (Wildman–Crippen LogP) is 2.74. The number of imide groups is 2. The van der Waals surface area contributed by atoms with E-state index in [-0.39, 0.29) is 17.9 Å². The van der Waals surface area contributed by atoms with Crippen molar-refractivity contribution in [3.05, 3.63) is 0 Å². The van der Waals surface area contributed by atoms with Crippen molar-refractivity contribution in [1.82, 2.24) is 10.2 Å². The molecule has 5 nitrogen and oxygen atoms in total. The van der Waals surface area contributed by atoms with Gasteiger partial charge in [-0.15, -0.1) is 0 Å². The van der Waals surface area contributed by atoms with E-state index < -0.39 is 11.4 Å². The first-order valence-corrected chi connectivity index (χ1v) is 8.34. The molecule has 116 valence electrons. The highest BCUT2D eigenvalue weighted by Gasteiger charge is 2.55. The second kappa shape index (κ2) is 5.78. The summed E-state index contributed by atoms with van der Waals surface area (Å²) in [5.74, 6) is -0.579. The maximum absolute atomic E-state index is 13.0. The van der Waals surface area contributed by atoms with Crippen LogP contribution in [0.15, 0.2) is 0 Å². The fourth-order valence-corrected chi connectivity index (χ4v) is 4.14. The SMILES string of the molecule is O=C1NC(=O)C2(CCCCC2)C(=O)N1C1CCCCCC1. The third-order valence-electron chi connectivity index (χ3n) is 5.40. The molecule has 1 heterocycles. The number of hydrogen-bond donors (Lipinski definition) is 1. The van der Waals surface area contributed by atoms with Crippen LogP contribution < -0.4 is 5.32 Å². The molecule has 0 atom stereocenters. The fourth-order valence-electron chi connectivity index (χ4n) is 4.14. The maximum Gasteiger partial charge on any atom is 0.331 e. The second-order valence-corrected chi connectivity index (χ2v) is 6.72. The lowest BCUT2D eigenvalue weighted by molar-refractivity contribution is -0.155. The van der Waals surface area contributed by atoms with Crippen molar-refractivity contribution in [2.45, 2.75) is 76.7 Å². The summed E-state index contributed by atoms with van der Waals surface area (Å²) in [6, 6.07) is -0.514. The smallest absolute Gasteiger partial charge is 0.277 e. The Bertz CT molecular complexity index is 446. The number of carbonyl (C=O) groups excluding carboxylic acids is 3. The summed E-state index contributed by atoms with van der Waals surface area (Å²) in [6.07, 6.45) is 10.3. The molecule has 1 spiro atoms. The summed E-state index contributed by atoms with van der Waals surface area (Å²) < 4.78 is 0. The van der Waals surface area contributed by atoms with Crippen LogP contribution in [0.2, 0.25) is 0 Å². The van der Waals surface area contributed by atoms with Crippen molar-refractivity contribution >= 4 is 17.8 Å². The zero-order chi connectivity index (χ0) is 14.9. The average Bonchev–Trinajstić information content (AvgIpc) is 2.76. The maximum atomic E-state index is 13.0. The molecule has 0 aromatic rings. The van der Waals surface area contributed by atoms with E-state index in [1.807, 2.05) is 0 Å². The van der Waals surface area contributed by atoms with Crippen LogP contribution in [0.3, 0.4) is 0 Å². The summed E-state index contributed by atoms with van der Waals surface area (Å²) in [6.45, 7) is 0. The normalized spacial score (nSPS) is 27.6. The summed E-state index contributed by atoms with van der Waals surface area (Å²) in [7, 11) is 0. The third kappa shape index (κ3) is 2.47. The number of nitrogens with zero attached hydrogens (tertiary/aromatic N) is 1. The van der Waals surface area contributed by atoms with Gasteiger partial charge in [-0.05, 0) is 25.7 Å². The summed E-state index contributed by atoms with van der Waals surface area (Å²) in [5, 5.41) is 2.47. The number of barbiturate groups is 1. The molecule has 3 fully saturated rings. The van der Waals surface area contributed by atoms with Crippen molar-refractivity contribution in [3.63, 3.8) is 0 Å². The molecule has 3 aliphatic rings. The van der Waals surface area contributed by atoms with E-state index >= 15 is 0 Å². The first-order valence-electron chi connectivity index (χ1n) is 8.34. The molecule has 0 aromatic heterocycles. The number of hydrogen-bond acceptors (Lipinski definition) is 3. The Balaban J connectivity index is 1.86. The monoisotopic (exact) mass is 292 g/mol. The van der Waals surface area contributed by atoms with Gasteiger partial charge in [-0.2, -0.15) is 0 Å². The Hall–Kier alpha value is -1.39. The molecule has 0 bridgehead atoms. The van der Waals surface area contributed by atoms with Crippen molar-refractivity contribution in [2.24, 2.45) is 5.41 Å². The van der Waals surface area contributed by atoms with Crippen molar-refractivity contribution in [2.75, 3.05) is 0 Å². The van der Waals surface area contributed by atoms with Crippen LogP contribution >= 0.6 is 0 Å². The van der Waals surface area contributed by atoms with Crippen LogP contribution in [-0.2, 0) is 9.59 Å². The Morgan fingerprint density at radius 1 is 0.857 bits per heavy atom. The molecule has 1 N–H and O–H groups in total. The van der Waals surface area contributed by atoms with E-state index in [1.165, 1.54) is 17.7 Å². The van der Waals surface area contributed by atoms with E-state index in [4.69, 9.17) is 0 Å². The fraction of sp³-hybridized carbons (Fsp3) is 0.812. The molecule has 0 unspecified atom stereocenters. The van der Waals surface area contributed by atoms with Gasteiger partial charge >= 0.3 is 6.03 Å². The van der Waals surface area contributed by atoms with E-state index in [9.17, 15) is 14.4 Å². The van der Waals surface area contributed by atoms with Crippen molar-refractivity contribution < 1.29 is 14.4 Å². The van der Waals surface area contributed by atoms with Gasteiger partial charge < -0.3 is 0 Å². The molecular formula is C16H24N2O3. The largest absolute Gasteiger partial charge is 0.331 e. The number of rotatable bonds is 1. The Morgan fingerprint density at radius 3 is 2.05 bits per heavy atom. The first kappa shape index (κ1) is 14.5. The van der Waals surface area contributed by atoms with Crippen LogP contribution in [0, 0.1) is 5.41 Å². The van der Waals surface area contributed by atoms with Gasteiger partial charge in [0.15, 0.2) is 0 Å². The van der Waals surface area contributed by atoms with Gasteiger partial charge in [-0.25, -0.2) is 4.79 Å². The minimum Gasteiger partial charge on any atom is -0.277 e. The zero-order valence-electron chi connectivity index (χ0n) is 12.5. The molecular weight excluding hydrogens is 268 g/mol. The lowest BCUT2D eigenvalue weighted by Crippen LogP contribution is -2.66. The van der Waals surface area contributed by atoms with Crippen LogP contribution in [0.1, 0.15) is 70.6 Å². The van der Waals surface area contributed by atoms with E-state index in [2.05, 4.69) is 5.32 Å². The molecule has 0 aromatic carbocycles. The van der Waals surface area contributed by atoms with E-state index in [0.717, 1.165) is 44.9 Å². The second-order valence-electron chi connectivity index (χ2n) is 6.72. The van der Waals surface area contributed by atoms with Crippen LogP contribution in [0.5, 0.6) is 0 Å². The highest BCUT2D eigenvalue weighted by atomic mass is 16.2. The summed E-state index contributed by atoms with van der Waals surface area (Å²) in [4.78, 5) is 38.9. The van der Waals surface area contributed by atoms with E-state index in [1.54, 1.807) is 0 Å². The Labute approximate surface area is 125 Å². The van der Waals surface area contributed by atoms with Gasteiger partial charge in [0.25, 0.3) is 0 Å². The van der Waals surface area contributed by atoms with Gasteiger partial charge in [-0.3, -0.25) is 19.8 Å². The molecule has 1 saturated heterocycles. The molecule has 4 amide bonds. The lowest BCUT2D eigenvalue weighted by atomic mass is 9.71. The Kier molecular flexibility index (Phi) is 4.00. The first-order chi connectivity index (χ1) is 10.1. The minimum atomic E-state index is -0.960. The van der Waals surface area contributed by atoms with Crippen molar-refractivity contribution in [3.8, 4) is 0 Å². The number of amides is 4. The number of nitrogens with one attached hydrogen (secondary N) is 1. The van der Waals surface area contributed by atoms with Gasteiger partial charge in [0.05, 0.1) is 0 Å². The van der Waals surface area contributed by atoms with Gasteiger partial charge in [0.2, 0.25) is 11.8 Å². The Morgan fingerprint density at radius 2 is 1.43 bits per heavy atom. The van der Waals surface area contributed by atoms with Gasteiger partial charge in [0, 0.05) is 6.04 Å². The molecule has 0 radical (unpaired) electrons. The summed E-state index contributed by atoms with van der Waals surface area (Å²) >= 11 is 0. The number of urea groups is 1. The minimum absolute atomic E-state index is 0.0214.